The van der Waals surface area contributed by atoms with Gasteiger partial charge in [-0.05, 0) is 31.4 Å². The first kappa shape index (κ1) is 19.1. The molecule has 2 amide bonds. The van der Waals surface area contributed by atoms with E-state index < -0.39 is 0 Å². The monoisotopic (exact) mass is 411 g/mol. The highest BCUT2D eigenvalue weighted by atomic mass is 32.1. The van der Waals surface area contributed by atoms with Gasteiger partial charge in [0.05, 0.1) is 36.6 Å². The molecule has 0 atom stereocenters. The quantitative estimate of drug-likeness (QED) is 0.694. The molecule has 0 aromatic carbocycles. The minimum absolute atomic E-state index is 0.101. The molecule has 3 aromatic rings. The van der Waals surface area contributed by atoms with Crippen molar-refractivity contribution in [1.82, 2.24) is 15.0 Å². The van der Waals surface area contributed by atoms with E-state index in [1.807, 2.05) is 31.4 Å². The average Bonchev–Trinajstić information content (AvgIpc) is 3.33. The van der Waals surface area contributed by atoms with E-state index in [0.717, 1.165) is 16.1 Å². The second-order valence-electron chi connectivity index (χ2n) is 6.97. The zero-order valence-corrected chi connectivity index (χ0v) is 17.2. The third-order valence-electron chi connectivity index (χ3n) is 4.93. The fourth-order valence-electron chi connectivity index (χ4n) is 3.29. The van der Waals surface area contributed by atoms with Crippen LogP contribution in [0, 0.1) is 13.8 Å². The van der Waals surface area contributed by atoms with E-state index in [2.05, 4.69) is 15.5 Å². The van der Waals surface area contributed by atoms with Crippen LogP contribution in [-0.2, 0) is 17.9 Å². The first-order chi connectivity index (χ1) is 13.9. The minimum atomic E-state index is -0.149. The molecule has 1 aliphatic heterocycles. The van der Waals surface area contributed by atoms with Crippen LogP contribution in [0.1, 0.15) is 32.3 Å². The van der Waals surface area contributed by atoms with Crippen LogP contribution in [0.3, 0.4) is 0 Å². The number of carbonyl (C=O) groups excluding carboxylic acids is 2. The van der Waals surface area contributed by atoms with Gasteiger partial charge in [-0.15, -0.1) is 11.3 Å². The molecule has 9 heteroatoms. The van der Waals surface area contributed by atoms with Gasteiger partial charge in [0.25, 0.3) is 5.91 Å². The van der Waals surface area contributed by atoms with Crippen LogP contribution in [0.5, 0.6) is 0 Å². The molecule has 0 aliphatic carbocycles. The lowest BCUT2D eigenvalue weighted by Gasteiger charge is -2.30. The number of thiophene rings is 1. The van der Waals surface area contributed by atoms with E-state index in [9.17, 15) is 9.59 Å². The van der Waals surface area contributed by atoms with E-state index in [-0.39, 0.29) is 18.4 Å². The van der Waals surface area contributed by atoms with E-state index in [1.54, 1.807) is 40.4 Å². The number of carbonyl (C=O) groups is 2. The Bertz CT molecular complexity index is 1040. The number of nitrogens with zero attached hydrogens (tertiary/aromatic N) is 4. The first-order valence-corrected chi connectivity index (χ1v) is 10.1. The number of aromatic nitrogens is 2. The maximum Gasteiger partial charge on any atom is 0.255 e. The number of aryl methyl sites for hydroxylation is 2. The van der Waals surface area contributed by atoms with Crippen molar-refractivity contribution in [3.05, 3.63) is 57.2 Å². The molecule has 4 rings (SSSR count). The van der Waals surface area contributed by atoms with Gasteiger partial charge >= 0.3 is 0 Å². The second-order valence-corrected chi connectivity index (χ2v) is 8.00. The van der Waals surface area contributed by atoms with Crippen molar-refractivity contribution < 1.29 is 14.1 Å². The van der Waals surface area contributed by atoms with Gasteiger partial charge in [-0.1, -0.05) is 11.2 Å². The Morgan fingerprint density at radius 1 is 1.41 bits per heavy atom. The first-order valence-electron chi connectivity index (χ1n) is 9.18. The van der Waals surface area contributed by atoms with Crippen molar-refractivity contribution in [1.29, 1.82) is 0 Å². The Morgan fingerprint density at radius 2 is 2.24 bits per heavy atom. The smallest absolute Gasteiger partial charge is 0.255 e. The predicted molar refractivity (Wildman–Crippen MR) is 110 cm³/mol. The molecule has 8 nitrogen and oxygen atoms in total. The molecule has 0 radical (unpaired) electrons. The SMILES string of the molecule is Cc1noc(C)c1CN1C(=O)CNc2ncc(C(=O)N(C)Cc3cccs3)cc21. The number of anilines is 2. The molecule has 0 unspecified atom stereocenters. The lowest BCUT2D eigenvalue weighted by Crippen LogP contribution is -2.40. The van der Waals surface area contributed by atoms with Crippen LogP contribution in [0.4, 0.5) is 11.5 Å². The third-order valence-corrected chi connectivity index (χ3v) is 5.79. The van der Waals surface area contributed by atoms with Gasteiger partial charge in [-0.2, -0.15) is 0 Å². The maximum absolute atomic E-state index is 12.9. The summed E-state index contributed by atoms with van der Waals surface area (Å²) >= 11 is 1.60. The van der Waals surface area contributed by atoms with Crippen LogP contribution < -0.4 is 10.2 Å². The molecule has 29 heavy (non-hydrogen) atoms. The van der Waals surface area contributed by atoms with E-state index >= 15 is 0 Å². The Kier molecular flexibility index (Phi) is 5.06. The summed E-state index contributed by atoms with van der Waals surface area (Å²) in [5.74, 6) is 1.000. The summed E-state index contributed by atoms with van der Waals surface area (Å²) in [5.41, 5.74) is 2.61. The zero-order chi connectivity index (χ0) is 20.5. The van der Waals surface area contributed by atoms with Gasteiger partial charge in [0.15, 0.2) is 5.82 Å². The summed E-state index contributed by atoms with van der Waals surface area (Å²) in [6.45, 7) is 4.65. The van der Waals surface area contributed by atoms with Gasteiger partial charge in [0.1, 0.15) is 5.76 Å². The Labute approximate surface area is 172 Å². The van der Waals surface area contributed by atoms with Gasteiger partial charge in [0.2, 0.25) is 5.91 Å². The number of nitrogens with one attached hydrogen (secondary N) is 1. The molecule has 0 bridgehead atoms. The number of hydrogen-bond acceptors (Lipinski definition) is 7. The van der Waals surface area contributed by atoms with Crippen molar-refractivity contribution >= 4 is 34.7 Å². The molecule has 1 N–H and O–H groups in total. The van der Waals surface area contributed by atoms with E-state index in [0.29, 0.717) is 35.9 Å². The topological polar surface area (TPSA) is 91.6 Å². The molecule has 4 heterocycles. The Hall–Kier alpha value is -3.20. The van der Waals surface area contributed by atoms with Crippen LogP contribution >= 0.6 is 11.3 Å². The van der Waals surface area contributed by atoms with Crippen molar-refractivity contribution in [2.24, 2.45) is 0 Å². The van der Waals surface area contributed by atoms with Gasteiger partial charge in [0, 0.05) is 23.7 Å². The summed E-state index contributed by atoms with van der Waals surface area (Å²) in [7, 11) is 1.76. The molecular formula is C20H21N5O3S. The molecule has 150 valence electrons. The summed E-state index contributed by atoms with van der Waals surface area (Å²) in [6.07, 6.45) is 1.54. The zero-order valence-electron chi connectivity index (χ0n) is 16.4. The van der Waals surface area contributed by atoms with Crippen molar-refractivity contribution in [2.45, 2.75) is 26.9 Å². The normalized spacial score (nSPS) is 13.2. The van der Waals surface area contributed by atoms with Crippen LogP contribution in [0.25, 0.3) is 0 Å². The number of hydrogen-bond donors (Lipinski definition) is 1. The average molecular weight is 411 g/mol. The number of rotatable bonds is 5. The van der Waals surface area contributed by atoms with Gasteiger partial charge in [-0.3, -0.25) is 9.59 Å². The Morgan fingerprint density at radius 3 is 2.93 bits per heavy atom. The lowest BCUT2D eigenvalue weighted by molar-refractivity contribution is -0.117. The van der Waals surface area contributed by atoms with Crippen molar-refractivity contribution in [2.75, 3.05) is 23.8 Å². The molecule has 1 aliphatic rings. The highest BCUT2D eigenvalue weighted by Crippen LogP contribution is 2.31. The van der Waals surface area contributed by atoms with Gasteiger partial charge < -0.3 is 19.6 Å². The second kappa shape index (κ2) is 7.67. The maximum atomic E-state index is 12.9. The number of fused-ring (bicyclic) bond motifs is 1. The van der Waals surface area contributed by atoms with E-state index in [4.69, 9.17) is 4.52 Å². The number of amides is 2. The van der Waals surface area contributed by atoms with Crippen LogP contribution in [0.2, 0.25) is 0 Å². The van der Waals surface area contributed by atoms with Crippen molar-refractivity contribution in [3.8, 4) is 0 Å². The van der Waals surface area contributed by atoms with Crippen molar-refractivity contribution in [3.63, 3.8) is 0 Å². The van der Waals surface area contributed by atoms with Gasteiger partial charge in [-0.25, -0.2) is 4.98 Å². The fourth-order valence-corrected chi connectivity index (χ4v) is 4.05. The molecule has 0 spiro atoms. The molecule has 0 saturated heterocycles. The lowest BCUT2D eigenvalue weighted by atomic mass is 10.1. The van der Waals surface area contributed by atoms with E-state index in [1.165, 1.54) is 0 Å². The standard InChI is InChI=1S/C20H21N5O3S/c1-12-16(13(2)28-23-12)11-25-17-7-14(8-21-19(17)22-9-18(25)26)20(27)24(3)10-15-5-4-6-29-15/h4-8H,9-11H2,1-3H3,(H,21,22). The molecular weight excluding hydrogens is 390 g/mol. The predicted octanol–water partition coefficient (Wildman–Crippen LogP) is 2.98. The summed E-state index contributed by atoms with van der Waals surface area (Å²) in [5, 5.41) is 8.97. The summed E-state index contributed by atoms with van der Waals surface area (Å²) < 4.78 is 5.22. The summed E-state index contributed by atoms with van der Waals surface area (Å²) in [4.78, 5) is 34.3. The minimum Gasteiger partial charge on any atom is -0.361 e. The Balaban J connectivity index is 1.62. The molecule has 3 aromatic heterocycles. The third kappa shape index (κ3) is 3.73. The summed E-state index contributed by atoms with van der Waals surface area (Å²) in [6, 6.07) is 5.67. The van der Waals surface area contributed by atoms with Crippen LogP contribution in [-0.4, -0.2) is 40.4 Å². The highest BCUT2D eigenvalue weighted by molar-refractivity contribution is 7.09. The molecule has 0 saturated carbocycles. The highest BCUT2D eigenvalue weighted by Gasteiger charge is 2.28. The van der Waals surface area contributed by atoms with Crippen LogP contribution in [0.15, 0.2) is 34.3 Å². The fraction of sp³-hybridized carbons (Fsp3) is 0.300. The number of pyridine rings is 1. The molecule has 0 fully saturated rings. The largest absolute Gasteiger partial charge is 0.361 e.